The fourth-order valence-corrected chi connectivity index (χ4v) is 2.61. The highest BCUT2D eigenvalue weighted by molar-refractivity contribution is 6.30. The summed E-state index contributed by atoms with van der Waals surface area (Å²) < 4.78 is 13.4. The van der Waals surface area contributed by atoms with Gasteiger partial charge in [0.15, 0.2) is 0 Å². The second-order valence-electron chi connectivity index (χ2n) is 4.92. The van der Waals surface area contributed by atoms with E-state index in [-0.39, 0.29) is 10.8 Å². The summed E-state index contributed by atoms with van der Waals surface area (Å²) in [4.78, 5) is 2.26. The summed E-state index contributed by atoms with van der Waals surface area (Å²) in [6.45, 7) is 2.44. The largest absolute Gasteiger partial charge is 0.399 e. The zero-order valence-corrected chi connectivity index (χ0v) is 11.1. The molecule has 0 saturated heterocycles. The first-order valence-corrected chi connectivity index (χ1v) is 6.53. The molecule has 2 aromatic carbocycles. The second-order valence-corrected chi connectivity index (χ2v) is 5.33. The van der Waals surface area contributed by atoms with Gasteiger partial charge in [0.25, 0.3) is 0 Å². The molecule has 1 heterocycles. The van der Waals surface area contributed by atoms with Crippen LogP contribution in [0, 0.1) is 5.82 Å². The van der Waals surface area contributed by atoms with Gasteiger partial charge in [-0.3, -0.25) is 4.90 Å². The molecule has 0 atom stereocenters. The van der Waals surface area contributed by atoms with Gasteiger partial charge in [0.05, 0.1) is 5.02 Å². The van der Waals surface area contributed by atoms with Crippen LogP contribution >= 0.6 is 11.6 Å². The van der Waals surface area contributed by atoms with Crippen molar-refractivity contribution in [2.45, 2.75) is 19.6 Å². The summed E-state index contributed by atoms with van der Waals surface area (Å²) in [7, 11) is 0. The van der Waals surface area contributed by atoms with Crippen LogP contribution in [0.3, 0.4) is 0 Å². The molecule has 0 fully saturated rings. The Hall–Kier alpha value is -1.58. The molecule has 0 bridgehead atoms. The lowest BCUT2D eigenvalue weighted by Crippen LogP contribution is -2.15. The predicted molar refractivity (Wildman–Crippen MR) is 75.2 cm³/mol. The molecule has 0 spiro atoms. The molecule has 3 rings (SSSR count). The van der Waals surface area contributed by atoms with Gasteiger partial charge >= 0.3 is 0 Å². The summed E-state index contributed by atoms with van der Waals surface area (Å²) >= 11 is 5.69. The third-order valence-electron chi connectivity index (χ3n) is 3.41. The molecule has 0 aliphatic carbocycles. The van der Waals surface area contributed by atoms with Crippen molar-refractivity contribution >= 4 is 17.3 Å². The maximum absolute atomic E-state index is 13.4. The van der Waals surface area contributed by atoms with Crippen molar-refractivity contribution in [3.05, 3.63) is 63.9 Å². The Kier molecular flexibility index (Phi) is 3.17. The fraction of sp³-hybridized carbons (Fsp3) is 0.200. The van der Waals surface area contributed by atoms with Crippen molar-refractivity contribution in [2.24, 2.45) is 0 Å². The van der Waals surface area contributed by atoms with E-state index in [4.69, 9.17) is 17.3 Å². The van der Waals surface area contributed by atoms with Crippen LogP contribution < -0.4 is 5.73 Å². The van der Waals surface area contributed by atoms with Gasteiger partial charge in [0, 0.05) is 25.3 Å². The van der Waals surface area contributed by atoms with Crippen LogP contribution in [-0.4, -0.2) is 4.90 Å². The summed E-state index contributed by atoms with van der Waals surface area (Å²) in [5.74, 6) is -0.361. The number of nitrogens with two attached hydrogens (primary N) is 1. The molecule has 0 amide bonds. The summed E-state index contributed by atoms with van der Waals surface area (Å²) in [6, 6.07) is 11.0. The van der Waals surface area contributed by atoms with Crippen molar-refractivity contribution in [3.63, 3.8) is 0 Å². The Morgan fingerprint density at radius 3 is 2.68 bits per heavy atom. The zero-order chi connectivity index (χ0) is 13.4. The second kappa shape index (κ2) is 4.83. The summed E-state index contributed by atoms with van der Waals surface area (Å²) in [5.41, 5.74) is 10.1. The van der Waals surface area contributed by atoms with E-state index in [2.05, 4.69) is 11.0 Å². The predicted octanol–water partition coefficient (Wildman–Crippen LogP) is 3.58. The van der Waals surface area contributed by atoms with E-state index in [1.54, 1.807) is 6.07 Å². The van der Waals surface area contributed by atoms with Crippen molar-refractivity contribution in [3.8, 4) is 0 Å². The van der Waals surface area contributed by atoms with Gasteiger partial charge in [0.2, 0.25) is 0 Å². The average Bonchev–Trinajstić information content (AvgIpc) is 2.75. The van der Waals surface area contributed by atoms with Crippen molar-refractivity contribution in [2.75, 3.05) is 5.73 Å². The molecule has 4 heteroatoms. The van der Waals surface area contributed by atoms with Crippen molar-refractivity contribution < 1.29 is 4.39 Å². The Morgan fingerprint density at radius 2 is 1.89 bits per heavy atom. The van der Waals surface area contributed by atoms with Crippen LogP contribution in [0.2, 0.25) is 5.02 Å². The molecule has 1 aliphatic rings. The summed E-state index contributed by atoms with van der Waals surface area (Å²) in [6.07, 6.45) is 0. The van der Waals surface area contributed by atoms with E-state index in [1.165, 1.54) is 17.2 Å². The minimum absolute atomic E-state index is 0.168. The van der Waals surface area contributed by atoms with Crippen LogP contribution in [0.25, 0.3) is 0 Å². The molecular weight excluding hydrogens is 263 g/mol. The number of rotatable bonds is 2. The monoisotopic (exact) mass is 276 g/mol. The molecule has 2 N–H and O–H groups in total. The molecule has 2 aromatic rings. The summed E-state index contributed by atoms with van der Waals surface area (Å²) in [5, 5.41) is 0.168. The van der Waals surface area contributed by atoms with Crippen LogP contribution in [0.5, 0.6) is 0 Å². The molecule has 2 nitrogen and oxygen atoms in total. The number of benzene rings is 2. The lowest BCUT2D eigenvalue weighted by Gasteiger charge is -2.14. The maximum Gasteiger partial charge on any atom is 0.142 e. The maximum atomic E-state index is 13.4. The van der Waals surface area contributed by atoms with Gasteiger partial charge in [-0.2, -0.15) is 0 Å². The molecule has 19 heavy (non-hydrogen) atoms. The molecule has 0 radical (unpaired) electrons. The SMILES string of the molecule is Nc1ccc2c(c1)CN(Cc1ccc(Cl)c(F)c1)C2. The van der Waals surface area contributed by atoms with Crippen molar-refractivity contribution in [1.82, 2.24) is 4.90 Å². The standard InChI is InChI=1S/C15H14ClFN2/c16-14-4-1-10(5-15(14)17)7-19-8-11-2-3-13(18)6-12(11)9-19/h1-6H,7-9,18H2. The first kappa shape index (κ1) is 12.5. The fourth-order valence-electron chi connectivity index (χ4n) is 2.49. The van der Waals surface area contributed by atoms with Gasteiger partial charge in [-0.05, 0) is 41.0 Å². The highest BCUT2D eigenvalue weighted by atomic mass is 35.5. The zero-order valence-electron chi connectivity index (χ0n) is 10.4. The molecule has 0 aromatic heterocycles. The lowest BCUT2D eigenvalue weighted by atomic mass is 10.1. The van der Waals surface area contributed by atoms with E-state index in [0.29, 0.717) is 6.54 Å². The lowest BCUT2D eigenvalue weighted by molar-refractivity contribution is 0.275. The quantitative estimate of drug-likeness (QED) is 0.850. The van der Waals surface area contributed by atoms with Crippen LogP contribution in [0.4, 0.5) is 10.1 Å². The normalized spacial score (nSPS) is 14.6. The molecule has 0 saturated carbocycles. The number of hydrogen-bond donors (Lipinski definition) is 1. The third-order valence-corrected chi connectivity index (χ3v) is 3.71. The number of hydrogen-bond acceptors (Lipinski definition) is 2. The number of fused-ring (bicyclic) bond motifs is 1. The molecule has 98 valence electrons. The highest BCUT2D eigenvalue weighted by Crippen LogP contribution is 2.26. The van der Waals surface area contributed by atoms with Crippen LogP contribution in [-0.2, 0) is 19.6 Å². The Labute approximate surface area is 116 Å². The van der Waals surface area contributed by atoms with E-state index >= 15 is 0 Å². The molecular formula is C15H14ClFN2. The van der Waals surface area contributed by atoms with Gasteiger partial charge in [-0.15, -0.1) is 0 Å². The third kappa shape index (κ3) is 2.57. The number of nitrogens with zero attached hydrogens (tertiary/aromatic N) is 1. The van der Waals surface area contributed by atoms with E-state index in [0.717, 1.165) is 24.3 Å². The van der Waals surface area contributed by atoms with Gasteiger partial charge in [-0.1, -0.05) is 23.7 Å². The van der Waals surface area contributed by atoms with Gasteiger partial charge in [0.1, 0.15) is 5.82 Å². The Balaban J connectivity index is 1.75. The smallest absolute Gasteiger partial charge is 0.142 e. The van der Waals surface area contributed by atoms with E-state index in [1.807, 2.05) is 18.2 Å². The van der Waals surface area contributed by atoms with Gasteiger partial charge in [-0.25, -0.2) is 4.39 Å². The number of nitrogen functional groups attached to an aromatic ring is 1. The topological polar surface area (TPSA) is 29.3 Å². The first-order valence-electron chi connectivity index (χ1n) is 6.15. The Bertz CT molecular complexity index is 628. The van der Waals surface area contributed by atoms with Crippen LogP contribution in [0.1, 0.15) is 16.7 Å². The Morgan fingerprint density at radius 1 is 1.11 bits per heavy atom. The van der Waals surface area contributed by atoms with Gasteiger partial charge < -0.3 is 5.73 Å². The minimum atomic E-state index is -0.361. The van der Waals surface area contributed by atoms with E-state index in [9.17, 15) is 4.39 Å². The number of anilines is 1. The van der Waals surface area contributed by atoms with E-state index < -0.39 is 0 Å². The van der Waals surface area contributed by atoms with Crippen LogP contribution in [0.15, 0.2) is 36.4 Å². The molecule has 0 unspecified atom stereocenters. The first-order chi connectivity index (χ1) is 9.11. The molecule has 1 aliphatic heterocycles. The highest BCUT2D eigenvalue weighted by Gasteiger charge is 2.19. The number of halogens is 2. The van der Waals surface area contributed by atoms with Crippen molar-refractivity contribution in [1.29, 1.82) is 0 Å². The minimum Gasteiger partial charge on any atom is -0.399 e. The average molecular weight is 277 g/mol.